The van der Waals surface area contributed by atoms with Gasteiger partial charge in [0.25, 0.3) is 0 Å². The molecule has 1 atom stereocenters. The summed E-state index contributed by atoms with van der Waals surface area (Å²) in [6.45, 7) is 10.5. The van der Waals surface area contributed by atoms with Crippen molar-refractivity contribution in [3.8, 4) is 27.9 Å². The van der Waals surface area contributed by atoms with Crippen molar-refractivity contribution < 1.29 is 4.39 Å². The van der Waals surface area contributed by atoms with Crippen LogP contribution in [0.25, 0.3) is 38.8 Å². The fourth-order valence-electron chi connectivity index (χ4n) is 6.44. The lowest BCUT2D eigenvalue weighted by Gasteiger charge is -2.42. The van der Waals surface area contributed by atoms with E-state index in [1.807, 2.05) is 19.9 Å². The SMILES string of the molecule is CC.Cc1ccccc1-c1cc(N(c2ccc(-c3ccc(-n4ccc5ccccc54)cc3)cc2)C2(C)C=CC(F)=CC2)ccc1C. The maximum Gasteiger partial charge on any atom is 0.119 e. The molecule has 3 heteroatoms. The fourth-order valence-corrected chi connectivity index (χ4v) is 6.44. The van der Waals surface area contributed by atoms with Crippen molar-refractivity contribution in [3.63, 3.8) is 0 Å². The summed E-state index contributed by atoms with van der Waals surface area (Å²) in [5.74, 6) is -0.182. The normalized spacial score (nSPS) is 15.7. The number of nitrogens with zero attached hydrogens (tertiary/aromatic N) is 2. The Morgan fingerprint density at radius 3 is 2.00 bits per heavy atom. The second kappa shape index (κ2) is 13.1. The number of halogens is 1. The lowest BCUT2D eigenvalue weighted by atomic mass is 9.88. The van der Waals surface area contributed by atoms with Gasteiger partial charge in [0.15, 0.2) is 0 Å². The number of rotatable bonds is 6. The number of allylic oxidation sites excluding steroid dienone is 2. The van der Waals surface area contributed by atoms with Crippen LogP contribution in [-0.4, -0.2) is 10.1 Å². The molecule has 0 amide bonds. The third-order valence-corrected chi connectivity index (χ3v) is 8.94. The summed E-state index contributed by atoms with van der Waals surface area (Å²) in [4.78, 5) is 2.34. The van der Waals surface area contributed by atoms with Gasteiger partial charge in [0.2, 0.25) is 0 Å². The molecule has 2 nitrogen and oxygen atoms in total. The number of para-hydroxylation sites is 1. The quantitative estimate of drug-likeness (QED) is 0.184. The Labute approximate surface area is 272 Å². The van der Waals surface area contributed by atoms with Crippen molar-refractivity contribution in [2.45, 2.75) is 46.6 Å². The van der Waals surface area contributed by atoms with Crippen LogP contribution in [0.2, 0.25) is 0 Å². The Balaban J connectivity index is 0.00000182. The van der Waals surface area contributed by atoms with Crippen molar-refractivity contribution in [1.82, 2.24) is 4.57 Å². The number of anilines is 2. The first-order chi connectivity index (χ1) is 22.4. The van der Waals surface area contributed by atoms with Gasteiger partial charge in [0.1, 0.15) is 5.83 Å². The van der Waals surface area contributed by atoms with Crippen LogP contribution in [0.4, 0.5) is 15.8 Å². The van der Waals surface area contributed by atoms with E-state index in [1.54, 1.807) is 12.2 Å². The van der Waals surface area contributed by atoms with Crippen LogP contribution in [0.5, 0.6) is 0 Å². The van der Waals surface area contributed by atoms with Crippen LogP contribution < -0.4 is 4.90 Å². The van der Waals surface area contributed by atoms with E-state index in [1.165, 1.54) is 33.2 Å². The van der Waals surface area contributed by atoms with E-state index in [2.05, 4.69) is 158 Å². The Bertz CT molecular complexity index is 2030. The topological polar surface area (TPSA) is 8.17 Å². The van der Waals surface area contributed by atoms with Crippen molar-refractivity contribution >= 4 is 22.3 Å². The van der Waals surface area contributed by atoms with E-state index in [9.17, 15) is 4.39 Å². The Hall–Kier alpha value is -5.15. The molecular formula is C43H41FN2. The van der Waals surface area contributed by atoms with Crippen LogP contribution in [0, 0.1) is 13.8 Å². The summed E-state index contributed by atoms with van der Waals surface area (Å²) in [6.07, 6.45) is 7.97. The van der Waals surface area contributed by atoms with Crippen LogP contribution in [0.1, 0.15) is 38.3 Å². The van der Waals surface area contributed by atoms with Gasteiger partial charge in [0, 0.05) is 23.3 Å². The Morgan fingerprint density at radius 1 is 0.674 bits per heavy atom. The maximum atomic E-state index is 14.2. The van der Waals surface area contributed by atoms with Crippen molar-refractivity contribution in [1.29, 1.82) is 0 Å². The zero-order valence-electron chi connectivity index (χ0n) is 27.3. The molecule has 1 heterocycles. The zero-order chi connectivity index (χ0) is 32.3. The first-order valence-corrected chi connectivity index (χ1v) is 16.2. The molecule has 0 spiro atoms. The van der Waals surface area contributed by atoms with Gasteiger partial charge in [-0.3, -0.25) is 0 Å². The van der Waals surface area contributed by atoms with Gasteiger partial charge in [-0.2, -0.15) is 0 Å². The molecule has 1 aliphatic carbocycles. The predicted octanol–water partition coefficient (Wildman–Crippen LogP) is 12.3. The molecule has 1 aliphatic rings. The summed E-state index contributed by atoms with van der Waals surface area (Å²) in [5, 5.41) is 1.23. The first-order valence-electron chi connectivity index (χ1n) is 16.2. The van der Waals surface area contributed by atoms with Gasteiger partial charge in [0.05, 0.1) is 11.1 Å². The van der Waals surface area contributed by atoms with Crippen molar-refractivity contribution in [2.24, 2.45) is 0 Å². The van der Waals surface area contributed by atoms with Gasteiger partial charge in [-0.25, -0.2) is 4.39 Å². The molecule has 0 saturated heterocycles. The molecule has 5 aromatic carbocycles. The third kappa shape index (κ3) is 5.93. The molecule has 0 fully saturated rings. The highest BCUT2D eigenvalue weighted by Crippen LogP contribution is 2.41. The van der Waals surface area contributed by atoms with Gasteiger partial charge >= 0.3 is 0 Å². The van der Waals surface area contributed by atoms with Crippen molar-refractivity contribution in [3.05, 3.63) is 163 Å². The minimum atomic E-state index is -0.434. The highest BCUT2D eigenvalue weighted by Gasteiger charge is 2.32. The number of aromatic nitrogens is 1. The molecule has 0 saturated carbocycles. The molecule has 1 unspecified atom stereocenters. The van der Waals surface area contributed by atoms with Crippen LogP contribution in [0.3, 0.4) is 0 Å². The predicted molar refractivity (Wildman–Crippen MR) is 195 cm³/mol. The lowest BCUT2D eigenvalue weighted by Crippen LogP contribution is -2.42. The second-order valence-electron chi connectivity index (χ2n) is 12.0. The minimum Gasteiger partial charge on any atom is -0.332 e. The minimum absolute atomic E-state index is 0.182. The zero-order valence-corrected chi connectivity index (χ0v) is 27.3. The Morgan fingerprint density at radius 2 is 1.30 bits per heavy atom. The van der Waals surface area contributed by atoms with Crippen LogP contribution >= 0.6 is 0 Å². The van der Waals surface area contributed by atoms with Gasteiger partial charge in [-0.15, -0.1) is 0 Å². The first kappa shape index (κ1) is 30.9. The highest BCUT2D eigenvalue weighted by molar-refractivity contribution is 5.82. The number of fused-ring (bicyclic) bond motifs is 1. The molecule has 46 heavy (non-hydrogen) atoms. The van der Waals surface area contributed by atoms with Crippen molar-refractivity contribution in [2.75, 3.05) is 4.90 Å². The number of aryl methyl sites for hydroxylation is 2. The molecule has 7 rings (SSSR count). The maximum absolute atomic E-state index is 14.2. The second-order valence-corrected chi connectivity index (χ2v) is 12.0. The molecular weight excluding hydrogens is 563 g/mol. The summed E-state index contributed by atoms with van der Waals surface area (Å²) in [7, 11) is 0. The van der Waals surface area contributed by atoms with Gasteiger partial charge in [-0.05, 0) is 127 Å². The monoisotopic (exact) mass is 604 g/mol. The lowest BCUT2D eigenvalue weighted by molar-refractivity contribution is 0.544. The number of hydrogen-bond donors (Lipinski definition) is 0. The molecule has 0 aliphatic heterocycles. The van der Waals surface area contributed by atoms with Crippen LogP contribution in [-0.2, 0) is 0 Å². The fraction of sp³-hybridized carbons (Fsp3) is 0.163. The molecule has 0 radical (unpaired) electrons. The summed E-state index contributed by atoms with van der Waals surface area (Å²) >= 11 is 0. The molecule has 0 N–H and O–H groups in total. The molecule has 0 bridgehead atoms. The Kier molecular flexibility index (Phi) is 8.76. The highest BCUT2D eigenvalue weighted by atomic mass is 19.1. The average molecular weight is 605 g/mol. The average Bonchev–Trinajstić information content (AvgIpc) is 3.53. The summed E-state index contributed by atoms with van der Waals surface area (Å²) < 4.78 is 16.4. The van der Waals surface area contributed by atoms with E-state index in [4.69, 9.17) is 0 Å². The smallest absolute Gasteiger partial charge is 0.119 e. The van der Waals surface area contributed by atoms with E-state index in [-0.39, 0.29) is 5.83 Å². The van der Waals surface area contributed by atoms with E-state index in [0.717, 1.165) is 28.2 Å². The van der Waals surface area contributed by atoms with E-state index >= 15 is 0 Å². The summed E-state index contributed by atoms with van der Waals surface area (Å²) in [6, 6.07) is 43.2. The standard InChI is InChI=1S/C41H35FN2.C2H6/c1-29-8-4-6-10-38(29)39-28-37(17-12-30(39)2)44(41(3)25-22-34(42)23-26-41)36-20-15-32(16-21-36)31-13-18-35(19-14-31)43-27-24-33-9-5-7-11-40(33)43;1-2/h4-25,27-28H,26H2,1-3H3;1-2H3. The van der Waals surface area contributed by atoms with Gasteiger partial charge in [-0.1, -0.05) is 92.7 Å². The number of hydrogen-bond acceptors (Lipinski definition) is 1. The number of benzene rings is 5. The largest absolute Gasteiger partial charge is 0.332 e. The molecule has 230 valence electrons. The molecule has 1 aromatic heterocycles. The van der Waals surface area contributed by atoms with Crippen LogP contribution in [0.15, 0.2) is 152 Å². The van der Waals surface area contributed by atoms with Gasteiger partial charge < -0.3 is 9.47 Å². The molecule has 6 aromatic rings. The third-order valence-electron chi connectivity index (χ3n) is 8.94. The van der Waals surface area contributed by atoms with E-state index < -0.39 is 5.54 Å². The summed E-state index contributed by atoms with van der Waals surface area (Å²) in [5.41, 5.74) is 11.3. The van der Waals surface area contributed by atoms with E-state index in [0.29, 0.717) is 6.42 Å².